The first kappa shape index (κ1) is 11.8. The number of hydrogen-bond donors (Lipinski definition) is 2. The van der Waals surface area contributed by atoms with E-state index >= 15 is 0 Å². The van der Waals surface area contributed by atoms with Gasteiger partial charge >= 0.3 is 6.03 Å². The van der Waals surface area contributed by atoms with E-state index in [2.05, 4.69) is 0 Å². The van der Waals surface area contributed by atoms with Gasteiger partial charge in [-0.15, -0.1) is 12.4 Å². The van der Waals surface area contributed by atoms with Crippen molar-refractivity contribution in [3.05, 3.63) is 34.9 Å². The first-order valence-electron chi connectivity index (χ1n) is 4.56. The molecule has 0 spiro atoms. The maximum Gasteiger partial charge on any atom is 0.315 e. The zero-order valence-electron chi connectivity index (χ0n) is 8.27. The summed E-state index contributed by atoms with van der Waals surface area (Å²) in [5, 5.41) is 0. The molecule has 0 fully saturated rings. The molecule has 0 bridgehead atoms. The van der Waals surface area contributed by atoms with Gasteiger partial charge in [0.1, 0.15) is 0 Å². The van der Waals surface area contributed by atoms with E-state index in [1.54, 1.807) is 4.90 Å². The number of primary amides is 1. The molecule has 0 aromatic heterocycles. The molecule has 1 heterocycles. The van der Waals surface area contributed by atoms with Crippen molar-refractivity contribution >= 4 is 18.4 Å². The van der Waals surface area contributed by atoms with Crippen molar-refractivity contribution in [2.24, 2.45) is 11.5 Å². The highest BCUT2D eigenvalue weighted by atomic mass is 35.5. The Balaban J connectivity index is 0.00000112. The van der Waals surface area contributed by atoms with Gasteiger partial charge in [-0.25, -0.2) is 4.79 Å². The Morgan fingerprint density at radius 3 is 2.60 bits per heavy atom. The Bertz CT molecular complexity index is 381. The van der Waals surface area contributed by atoms with Crippen molar-refractivity contribution in [3.63, 3.8) is 0 Å². The summed E-state index contributed by atoms with van der Waals surface area (Å²) >= 11 is 0. The number of hydrogen-bond acceptors (Lipinski definition) is 2. The summed E-state index contributed by atoms with van der Waals surface area (Å²) in [7, 11) is 0. The number of halogens is 1. The topological polar surface area (TPSA) is 72.3 Å². The molecular formula is C10H14ClN3O. The maximum atomic E-state index is 10.9. The van der Waals surface area contributed by atoms with Crippen LogP contribution in [0.15, 0.2) is 18.2 Å². The van der Waals surface area contributed by atoms with E-state index < -0.39 is 0 Å². The van der Waals surface area contributed by atoms with Gasteiger partial charge < -0.3 is 16.4 Å². The average Bonchev–Trinajstić information content (AvgIpc) is 2.59. The smallest absolute Gasteiger partial charge is 0.315 e. The van der Waals surface area contributed by atoms with Crippen molar-refractivity contribution in [2.45, 2.75) is 19.6 Å². The molecule has 0 aliphatic carbocycles. The Morgan fingerprint density at radius 2 is 2.00 bits per heavy atom. The maximum absolute atomic E-state index is 10.9. The minimum atomic E-state index is -0.365. The Kier molecular flexibility index (Phi) is 3.55. The molecule has 5 heteroatoms. The van der Waals surface area contributed by atoms with E-state index in [-0.39, 0.29) is 18.4 Å². The fourth-order valence-electron chi connectivity index (χ4n) is 1.73. The van der Waals surface area contributed by atoms with Gasteiger partial charge in [0.05, 0.1) is 0 Å². The summed E-state index contributed by atoms with van der Waals surface area (Å²) < 4.78 is 0. The number of nitrogens with zero attached hydrogens (tertiary/aromatic N) is 1. The SMILES string of the molecule is Cl.NCc1ccc2c(c1)CN(C(N)=O)C2. The van der Waals surface area contributed by atoms with Crippen LogP contribution >= 0.6 is 12.4 Å². The molecule has 2 amide bonds. The van der Waals surface area contributed by atoms with Crippen LogP contribution in [0.5, 0.6) is 0 Å². The summed E-state index contributed by atoms with van der Waals surface area (Å²) in [4.78, 5) is 12.6. The normalized spacial score (nSPS) is 13.3. The molecule has 82 valence electrons. The van der Waals surface area contributed by atoms with Crippen LogP contribution in [0, 0.1) is 0 Å². The minimum Gasteiger partial charge on any atom is -0.351 e. The van der Waals surface area contributed by atoms with Gasteiger partial charge in [-0.1, -0.05) is 18.2 Å². The number of fused-ring (bicyclic) bond motifs is 1. The number of rotatable bonds is 1. The molecule has 2 rings (SSSR count). The van der Waals surface area contributed by atoms with Crippen molar-refractivity contribution < 1.29 is 4.79 Å². The van der Waals surface area contributed by atoms with Crippen molar-refractivity contribution in [1.82, 2.24) is 4.90 Å². The first-order valence-corrected chi connectivity index (χ1v) is 4.56. The molecule has 0 saturated carbocycles. The van der Waals surface area contributed by atoms with E-state index in [9.17, 15) is 4.79 Å². The number of amides is 2. The molecule has 0 unspecified atom stereocenters. The van der Waals surface area contributed by atoms with Gasteiger partial charge in [0.2, 0.25) is 0 Å². The lowest BCUT2D eigenvalue weighted by Crippen LogP contribution is -2.30. The van der Waals surface area contributed by atoms with Gasteiger partial charge in [-0.05, 0) is 16.7 Å². The lowest BCUT2D eigenvalue weighted by Gasteiger charge is -2.10. The summed E-state index contributed by atoms with van der Waals surface area (Å²) in [5.41, 5.74) is 14.2. The van der Waals surface area contributed by atoms with Crippen molar-refractivity contribution in [3.8, 4) is 0 Å². The highest BCUT2D eigenvalue weighted by Gasteiger charge is 2.21. The summed E-state index contributed by atoms with van der Waals surface area (Å²) in [6.07, 6.45) is 0. The molecule has 1 aliphatic heterocycles. The highest BCUT2D eigenvalue weighted by Crippen LogP contribution is 2.23. The zero-order valence-corrected chi connectivity index (χ0v) is 9.09. The van der Waals surface area contributed by atoms with Crippen molar-refractivity contribution in [2.75, 3.05) is 0 Å². The quantitative estimate of drug-likeness (QED) is 0.750. The minimum absolute atomic E-state index is 0. The number of nitrogens with two attached hydrogens (primary N) is 2. The standard InChI is InChI=1S/C10H13N3O.ClH/c11-4-7-1-2-8-5-13(10(12)14)6-9(8)3-7;/h1-3H,4-6,11H2,(H2,12,14);1H. The molecule has 15 heavy (non-hydrogen) atoms. The third-order valence-electron chi connectivity index (χ3n) is 2.54. The number of carbonyl (C=O) groups is 1. The monoisotopic (exact) mass is 227 g/mol. The number of benzene rings is 1. The Morgan fingerprint density at radius 1 is 1.33 bits per heavy atom. The van der Waals surface area contributed by atoms with Gasteiger partial charge in [-0.3, -0.25) is 0 Å². The molecule has 0 radical (unpaired) electrons. The van der Waals surface area contributed by atoms with Crippen LogP contribution in [0.2, 0.25) is 0 Å². The fraction of sp³-hybridized carbons (Fsp3) is 0.300. The molecule has 0 saturated heterocycles. The zero-order chi connectivity index (χ0) is 10.1. The predicted molar refractivity (Wildman–Crippen MR) is 60.4 cm³/mol. The molecular weight excluding hydrogens is 214 g/mol. The van der Waals surface area contributed by atoms with Crippen LogP contribution < -0.4 is 11.5 Å². The lowest BCUT2D eigenvalue weighted by atomic mass is 10.1. The van der Waals surface area contributed by atoms with Crippen LogP contribution in [0.3, 0.4) is 0 Å². The molecule has 4 N–H and O–H groups in total. The van der Waals surface area contributed by atoms with Crippen LogP contribution in [-0.2, 0) is 19.6 Å². The average molecular weight is 228 g/mol. The van der Waals surface area contributed by atoms with E-state index in [1.165, 1.54) is 5.56 Å². The lowest BCUT2D eigenvalue weighted by molar-refractivity contribution is 0.208. The van der Waals surface area contributed by atoms with Crippen LogP contribution in [0.25, 0.3) is 0 Å². The number of urea groups is 1. The number of carbonyl (C=O) groups excluding carboxylic acids is 1. The van der Waals surface area contributed by atoms with E-state index in [0.717, 1.165) is 11.1 Å². The Labute approximate surface area is 94.6 Å². The molecule has 1 aromatic rings. The summed E-state index contributed by atoms with van der Waals surface area (Å²) in [6.45, 7) is 1.76. The van der Waals surface area contributed by atoms with Gasteiger partial charge in [0, 0.05) is 19.6 Å². The molecule has 4 nitrogen and oxygen atoms in total. The highest BCUT2D eigenvalue weighted by molar-refractivity contribution is 5.85. The van der Waals surface area contributed by atoms with Gasteiger partial charge in [-0.2, -0.15) is 0 Å². The van der Waals surface area contributed by atoms with E-state index in [1.807, 2.05) is 18.2 Å². The van der Waals surface area contributed by atoms with Crippen LogP contribution in [0.1, 0.15) is 16.7 Å². The third-order valence-corrected chi connectivity index (χ3v) is 2.54. The second-order valence-electron chi connectivity index (χ2n) is 3.50. The van der Waals surface area contributed by atoms with E-state index in [0.29, 0.717) is 19.6 Å². The van der Waals surface area contributed by atoms with Gasteiger partial charge in [0.15, 0.2) is 0 Å². The molecule has 0 atom stereocenters. The Hall–Kier alpha value is -1.26. The first-order chi connectivity index (χ1) is 6.70. The van der Waals surface area contributed by atoms with Crippen LogP contribution in [0.4, 0.5) is 4.79 Å². The van der Waals surface area contributed by atoms with E-state index in [4.69, 9.17) is 11.5 Å². The predicted octanol–water partition coefficient (Wildman–Crippen LogP) is 0.961. The second kappa shape index (κ2) is 4.51. The van der Waals surface area contributed by atoms with Gasteiger partial charge in [0.25, 0.3) is 0 Å². The fourth-order valence-corrected chi connectivity index (χ4v) is 1.73. The van der Waals surface area contributed by atoms with Crippen LogP contribution in [-0.4, -0.2) is 10.9 Å². The van der Waals surface area contributed by atoms with Crippen molar-refractivity contribution in [1.29, 1.82) is 0 Å². The molecule has 1 aliphatic rings. The second-order valence-corrected chi connectivity index (χ2v) is 3.50. The largest absolute Gasteiger partial charge is 0.351 e. The summed E-state index contributed by atoms with van der Waals surface area (Å²) in [6, 6.07) is 5.68. The third kappa shape index (κ3) is 2.22. The molecule has 1 aromatic carbocycles. The summed E-state index contributed by atoms with van der Waals surface area (Å²) in [5.74, 6) is 0.